The molecule has 0 atom stereocenters. The third-order valence-electron chi connectivity index (χ3n) is 3.39. The smallest absolute Gasteiger partial charge is 0.126 e. The second-order valence-electron chi connectivity index (χ2n) is 4.59. The van der Waals surface area contributed by atoms with Crippen molar-refractivity contribution in [3.05, 3.63) is 35.1 Å². The van der Waals surface area contributed by atoms with E-state index in [9.17, 15) is 4.39 Å². The van der Waals surface area contributed by atoms with Crippen LogP contribution in [-0.2, 0) is 6.42 Å². The van der Waals surface area contributed by atoms with Gasteiger partial charge in [-0.1, -0.05) is 38.3 Å². The molecule has 1 heteroatoms. The predicted octanol–water partition coefficient (Wildman–Crippen LogP) is 4.44. The van der Waals surface area contributed by atoms with Gasteiger partial charge in [-0.15, -0.1) is 0 Å². The minimum Gasteiger partial charge on any atom is -0.207 e. The van der Waals surface area contributed by atoms with Crippen LogP contribution in [0.15, 0.2) is 18.2 Å². The molecule has 0 N–H and O–H groups in total. The Balaban J connectivity index is 2.23. The average Bonchev–Trinajstić information content (AvgIpc) is 2.74. The molecule has 0 aromatic heterocycles. The number of aryl methyl sites for hydroxylation is 1. The molecule has 82 valence electrons. The number of rotatable bonds is 3. The highest BCUT2D eigenvalue weighted by Gasteiger charge is 2.20. The molecule has 15 heavy (non-hydrogen) atoms. The summed E-state index contributed by atoms with van der Waals surface area (Å²) in [6, 6.07) is 5.67. The highest BCUT2D eigenvalue weighted by molar-refractivity contribution is 5.28. The lowest BCUT2D eigenvalue weighted by atomic mass is 9.94. The van der Waals surface area contributed by atoms with Crippen molar-refractivity contribution < 1.29 is 4.39 Å². The largest absolute Gasteiger partial charge is 0.207 e. The molecule has 1 saturated carbocycles. The van der Waals surface area contributed by atoms with Gasteiger partial charge in [-0.2, -0.15) is 0 Å². The Labute approximate surface area is 91.5 Å². The van der Waals surface area contributed by atoms with Crippen molar-refractivity contribution in [3.63, 3.8) is 0 Å². The number of hydrogen-bond acceptors (Lipinski definition) is 0. The van der Waals surface area contributed by atoms with Crippen molar-refractivity contribution in [2.75, 3.05) is 0 Å². The molecule has 0 nitrogen and oxygen atoms in total. The van der Waals surface area contributed by atoms with Crippen molar-refractivity contribution in [3.8, 4) is 0 Å². The molecule has 0 radical (unpaired) electrons. The lowest BCUT2D eigenvalue weighted by Gasteiger charge is -2.12. The van der Waals surface area contributed by atoms with Crippen LogP contribution < -0.4 is 0 Å². The number of halogens is 1. The van der Waals surface area contributed by atoms with Gasteiger partial charge in [0, 0.05) is 0 Å². The Morgan fingerprint density at radius 2 is 2.00 bits per heavy atom. The fourth-order valence-electron chi connectivity index (χ4n) is 2.59. The fraction of sp³-hybridized carbons (Fsp3) is 0.571. The van der Waals surface area contributed by atoms with Gasteiger partial charge in [0.2, 0.25) is 0 Å². The van der Waals surface area contributed by atoms with Crippen molar-refractivity contribution in [2.24, 2.45) is 0 Å². The minimum atomic E-state index is 0.00162. The third kappa shape index (κ3) is 2.39. The molecule has 0 unspecified atom stereocenters. The second kappa shape index (κ2) is 4.78. The van der Waals surface area contributed by atoms with Gasteiger partial charge < -0.3 is 0 Å². The van der Waals surface area contributed by atoms with E-state index in [1.165, 1.54) is 31.2 Å². The standard InChI is InChI=1S/C14H19F/c1-2-5-11-8-9-14(15)13(10-11)12-6-3-4-7-12/h8-10,12H,2-7H2,1H3. The molecule has 0 spiro atoms. The molecule has 1 aliphatic rings. The van der Waals surface area contributed by atoms with Crippen molar-refractivity contribution in [2.45, 2.75) is 51.4 Å². The van der Waals surface area contributed by atoms with Crippen molar-refractivity contribution in [1.82, 2.24) is 0 Å². The summed E-state index contributed by atoms with van der Waals surface area (Å²) in [5.74, 6) is 0.489. The molecule has 2 rings (SSSR count). The minimum absolute atomic E-state index is 0.00162. The first kappa shape index (κ1) is 10.7. The molecule has 0 amide bonds. The average molecular weight is 206 g/mol. The molecule has 0 bridgehead atoms. The predicted molar refractivity (Wildman–Crippen MR) is 61.6 cm³/mol. The van der Waals surface area contributed by atoms with E-state index >= 15 is 0 Å². The topological polar surface area (TPSA) is 0 Å². The van der Waals surface area contributed by atoms with Gasteiger partial charge in [-0.25, -0.2) is 4.39 Å². The maximum Gasteiger partial charge on any atom is 0.126 e. The Bertz CT molecular complexity index is 324. The third-order valence-corrected chi connectivity index (χ3v) is 3.39. The van der Waals surface area contributed by atoms with Gasteiger partial charge in [-0.05, 0) is 42.4 Å². The Hall–Kier alpha value is -0.850. The van der Waals surface area contributed by atoms with Crippen LogP contribution in [0.4, 0.5) is 4.39 Å². The van der Waals surface area contributed by atoms with Crippen LogP contribution in [0.2, 0.25) is 0 Å². The molecular formula is C14H19F. The van der Waals surface area contributed by atoms with E-state index in [4.69, 9.17) is 0 Å². The first-order chi connectivity index (χ1) is 7.31. The Kier molecular flexibility index (Phi) is 3.40. The summed E-state index contributed by atoms with van der Waals surface area (Å²) in [6.07, 6.45) is 7.08. The lowest BCUT2D eigenvalue weighted by molar-refractivity contribution is 0.579. The zero-order chi connectivity index (χ0) is 10.7. The van der Waals surface area contributed by atoms with Crippen LogP contribution in [-0.4, -0.2) is 0 Å². The second-order valence-corrected chi connectivity index (χ2v) is 4.59. The van der Waals surface area contributed by atoms with Crippen LogP contribution in [0.25, 0.3) is 0 Å². The van der Waals surface area contributed by atoms with Crippen LogP contribution in [0.3, 0.4) is 0 Å². The summed E-state index contributed by atoms with van der Waals surface area (Å²) in [5, 5.41) is 0. The summed E-state index contributed by atoms with van der Waals surface area (Å²) >= 11 is 0. The molecule has 1 fully saturated rings. The van der Waals surface area contributed by atoms with Gasteiger partial charge in [0.1, 0.15) is 5.82 Å². The van der Waals surface area contributed by atoms with Gasteiger partial charge in [0.25, 0.3) is 0 Å². The van der Waals surface area contributed by atoms with Gasteiger partial charge in [0.05, 0.1) is 0 Å². The fourth-order valence-corrected chi connectivity index (χ4v) is 2.59. The van der Waals surface area contributed by atoms with Crippen LogP contribution in [0.5, 0.6) is 0 Å². The molecule has 1 aliphatic carbocycles. The van der Waals surface area contributed by atoms with E-state index in [0.29, 0.717) is 5.92 Å². The summed E-state index contributed by atoms with van der Waals surface area (Å²) in [5.41, 5.74) is 2.26. The normalized spacial score (nSPS) is 17.2. The molecule has 0 saturated heterocycles. The van der Waals surface area contributed by atoms with Crippen LogP contribution >= 0.6 is 0 Å². The van der Waals surface area contributed by atoms with E-state index in [-0.39, 0.29) is 5.82 Å². The lowest BCUT2D eigenvalue weighted by Crippen LogP contribution is -1.98. The summed E-state index contributed by atoms with van der Waals surface area (Å²) in [4.78, 5) is 0. The van der Waals surface area contributed by atoms with Gasteiger partial charge in [-0.3, -0.25) is 0 Å². The molecule has 1 aromatic rings. The van der Waals surface area contributed by atoms with E-state index in [0.717, 1.165) is 18.4 Å². The number of benzene rings is 1. The SMILES string of the molecule is CCCc1ccc(F)c(C2CCCC2)c1. The molecule has 0 aliphatic heterocycles. The van der Waals surface area contributed by atoms with E-state index in [1.54, 1.807) is 6.07 Å². The van der Waals surface area contributed by atoms with Crippen molar-refractivity contribution >= 4 is 0 Å². The van der Waals surface area contributed by atoms with E-state index < -0.39 is 0 Å². The first-order valence-electron chi connectivity index (χ1n) is 6.09. The number of hydrogen-bond donors (Lipinski definition) is 0. The molecule has 1 aromatic carbocycles. The van der Waals surface area contributed by atoms with E-state index in [2.05, 4.69) is 13.0 Å². The highest BCUT2D eigenvalue weighted by Crippen LogP contribution is 2.35. The molecular weight excluding hydrogens is 187 g/mol. The zero-order valence-corrected chi connectivity index (χ0v) is 9.43. The van der Waals surface area contributed by atoms with Gasteiger partial charge in [0.15, 0.2) is 0 Å². The molecule has 0 heterocycles. The first-order valence-corrected chi connectivity index (χ1v) is 6.09. The van der Waals surface area contributed by atoms with Crippen molar-refractivity contribution in [1.29, 1.82) is 0 Å². The van der Waals surface area contributed by atoms with Crippen LogP contribution in [0, 0.1) is 5.82 Å². The zero-order valence-electron chi connectivity index (χ0n) is 9.43. The summed E-state index contributed by atoms with van der Waals surface area (Å²) in [7, 11) is 0. The maximum atomic E-state index is 13.7. The Morgan fingerprint density at radius 3 is 2.67 bits per heavy atom. The summed E-state index contributed by atoms with van der Waals surface area (Å²) in [6.45, 7) is 2.17. The van der Waals surface area contributed by atoms with Gasteiger partial charge >= 0.3 is 0 Å². The van der Waals surface area contributed by atoms with Crippen LogP contribution in [0.1, 0.15) is 56.1 Å². The Morgan fingerprint density at radius 1 is 1.27 bits per heavy atom. The maximum absolute atomic E-state index is 13.7. The highest BCUT2D eigenvalue weighted by atomic mass is 19.1. The quantitative estimate of drug-likeness (QED) is 0.686. The monoisotopic (exact) mass is 206 g/mol. The summed E-state index contributed by atoms with van der Waals surface area (Å²) < 4.78 is 13.7. The van der Waals surface area contributed by atoms with E-state index in [1.807, 2.05) is 6.07 Å².